The van der Waals surface area contributed by atoms with Crippen molar-refractivity contribution in [1.29, 1.82) is 5.41 Å². The summed E-state index contributed by atoms with van der Waals surface area (Å²) in [5, 5.41) is 16.6. The SMILES string of the molecule is C[C@@]1(Nc2cccc(Nc3ncc(C(F)(F)F)c(NC4CC4)n3)c2C=N)CCOC1=O. The number of aromatic nitrogens is 2. The van der Waals surface area contributed by atoms with Crippen molar-refractivity contribution in [2.24, 2.45) is 0 Å². The van der Waals surface area contributed by atoms with E-state index in [4.69, 9.17) is 10.1 Å². The summed E-state index contributed by atoms with van der Waals surface area (Å²) in [5.41, 5.74) is -0.539. The van der Waals surface area contributed by atoms with Crippen molar-refractivity contribution in [1.82, 2.24) is 9.97 Å². The number of benzene rings is 1. The molecular weight excluding hydrogens is 413 g/mol. The van der Waals surface area contributed by atoms with E-state index in [1.54, 1.807) is 25.1 Å². The highest BCUT2D eigenvalue weighted by Crippen LogP contribution is 2.37. The van der Waals surface area contributed by atoms with Gasteiger partial charge in [0.2, 0.25) is 5.95 Å². The van der Waals surface area contributed by atoms with Gasteiger partial charge in [0.05, 0.1) is 12.3 Å². The van der Waals surface area contributed by atoms with Crippen LogP contribution in [0.1, 0.15) is 37.3 Å². The van der Waals surface area contributed by atoms with Crippen molar-refractivity contribution in [2.75, 3.05) is 22.6 Å². The van der Waals surface area contributed by atoms with Gasteiger partial charge in [0.25, 0.3) is 0 Å². The largest absolute Gasteiger partial charge is 0.464 e. The third kappa shape index (κ3) is 4.39. The van der Waals surface area contributed by atoms with Crippen molar-refractivity contribution in [3.8, 4) is 0 Å². The van der Waals surface area contributed by atoms with E-state index in [9.17, 15) is 18.0 Å². The highest BCUT2D eigenvalue weighted by Gasteiger charge is 2.40. The third-order valence-corrected chi connectivity index (χ3v) is 5.21. The van der Waals surface area contributed by atoms with Gasteiger partial charge in [-0.2, -0.15) is 18.2 Å². The molecule has 0 bridgehead atoms. The summed E-state index contributed by atoms with van der Waals surface area (Å²) in [6.45, 7) is 2.02. The van der Waals surface area contributed by atoms with Crippen LogP contribution in [0.2, 0.25) is 0 Å². The molecular formula is C20H21F3N6O2. The molecule has 1 aromatic carbocycles. The molecule has 1 aliphatic carbocycles. The maximum atomic E-state index is 13.3. The Morgan fingerprint density at radius 3 is 2.65 bits per heavy atom. The molecule has 8 nitrogen and oxygen atoms in total. The van der Waals surface area contributed by atoms with Crippen molar-refractivity contribution in [2.45, 2.75) is 43.9 Å². The lowest BCUT2D eigenvalue weighted by Crippen LogP contribution is -2.39. The average molecular weight is 434 g/mol. The molecule has 0 radical (unpaired) electrons. The molecule has 2 aliphatic rings. The van der Waals surface area contributed by atoms with Crippen molar-refractivity contribution in [3.05, 3.63) is 35.5 Å². The summed E-state index contributed by atoms with van der Waals surface area (Å²) >= 11 is 0. The van der Waals surface area contributed by atoms with Gasteiger partial charge in [-0.1, -0.05) is 6.07 Å². The number of carbonyl (C=O) groups excluding carboxylic acids is 1. The van der Waals surface area contributed by atoms with Gasteiger partial charge in [0.15, 0.2) is 0 Å². The highest BCUT2D eigenvalue weighted by molar-refractivity contribution is 5.96. The van der Waals surface area contributed by atoms with Gasteiger partial charge in [-0.05, 0) is 31.9 Å². The van der Waals surface area contributed by atoms with Crippen LogP contribution in [0.3, 0.4) is 0 Å². The lowest BCUT2D eigenvalue weighted by molar-refractivity contribution is -0.141. The molecule has 1 atom stereocenters. The number of anilines is 4. The Labute approximate surface area is 176 Å². The number of ether oxygens (including phenoxy) is 1. The van der Waals surface area contributed by atoms with E-state index in [1.165, 1.54) is 0 Å². The van der Waals surface area contributed by atoms with Gasteiger partial charge in [0.1, 0.15) is 16.9 Å². The summed E-state index contributed by atoms with van der Waals surface area (Å²) in [4.78, 5) is 19.9. The molecule has 1 saturated carbocycles. The Bertz CT molecular complexity index is 1020. The summed E-state index contributed by atoms with van der Waals surface area (Å²) in [6.07, 6.45) is -0.707. The molecule has 11 heteroatoms. The maximum absolute atomic E-state index is 13.3. The van der Waals surface area contributed by atoms with E-state index in [2.05, 4.69) is 25.9 Å². The van der Waals surface area contributed by atoms with Gasteiger partial charge in [-0.15, -0.1) is 0 Å². The monoisotopic (exact) mass is 434 g/mol. The second-order valence-corrected chi connectivity index (χ2v) is 7.75. The minimum absolute atomic E-state index is 0.0274. The maximum Gasteiger partial charge on any atom is 0.421 e. The van der Waals surface area contributed by atoms with Crippen LogP contribution >= 0.6 is 0 Å². The number of halogens is 3. The predicted molar refractivity (Wildman–Crippen MR) is 109 cm³/mol. The number of rotatable bonds is 7. The van der Waals surface area contributed by atoms with Crippen LogP contribution < -0.4 is 16.0 Å². The van der Waals surface area contributed by atoms with Gasteiger partial charge in [-0.25, -0.2) is 9.78 Å². The molecule has 1 aliphatic heterocycles. The number of hydrogen-bond acceptors (Lipinski definition) is 8. The first-order chi connectivity index (χ1) is 14.7. The zero-order valence-electron chi connectivity index (χ0n) is 16.6. The minimum Gasteiger partial charge on any atom is -0.464 e. The van der Waals surface area contributed by atoms with Crippen molar-refractivity contribution >= 4 is 35.3 Å². The summed E-state index contributed by atoms with van der Waals surface area (Å²) < 4.78 is 44.9. The number of carbonyl (C=O) groups is 1. The quantitative estimate of drug-likeness (QED) is 0.386. The molecule has 0 amide bonds. The smallest absolute Gasteiger partial charge is 0.421 e. The first-order valence-corrected chi connectivity index (χ1v) is 9.76. The molecule has 1 saturated heterocycles. The van der Waals surface area contributed by atoms with Crippen LogP contribution in [0.5, 0.6) is 0 Å². The van der Waals surface area contributed by atoms with E-state index < -0.39 is 17.3 Å². The predicted octanol–water partition coefficient (Wildman–Crippen LogP) is 3.93. The van der Waals surface area contributed by atoms with Gasteiger partial charge in [0, 0.05) is 36.1 Å². The molecule has 2 fully saturated rings. The second kappa shape index (κ2) is 7.71. The first-order valence-electron chi connectivity index (χ1n) is 9.76. The Balaban J connectivity index is 1.63. The van der Waals surface area contributed by atoms with E-state index in [0.717, 1.165) is 25.3 Å². The fraction of sp³-hybridized carbons (Fsp3) is 0.400. The summed E-state index contributed by atoms with van der Waals surface area (Å²) in [7, 11) is 0. The molecule has 2 heterocycles. The number of esters is 1. The van der Waals surface area contributed by atoms with E-state index in [-0.39, 0.29) is 23.8 Å². The third-order valence-electron chi connectivity index (χ3n) is 5.21. The Morgan fingerprint density at radius 2 is 2.03 bits per heavy atom. The zero-order chi connectivity index (χ0) is 22.2. The number of cyclic esters (lactones) is 1. The van der Waals surface area contributed by atoms with Crippen LogP contribution in [-0.4, -0.2) is 40.3 Å². The zero-order valence-corrected chi connectivity index (χ0v) is 16.6. The Kier molecular flexibility index (Phi) is 5.19. The van der Waals surface area contributed by atoms with Crippen LogP contribution in [0.4, 0.5) is 36.3 Å². The summed E-state index contributed by atoms with van der Waals surface area (Å²) in [5.74, 6) is -0.703. The molecule has 4 N–H and O–H groups in total. The molecule has 31 heavy (non-hydrogen) atoms. The van der Waals surface area contributed by atoms with E-state index in [1.807, 2.05) is 0 Å². The van der Waals surface area contributed by atoms with Crippen molar-refractivity contribution in [3.63, 3.8) is 0 Å². The average Bonchev–Trinajstić information content (AvgIpc) is 3.45. The normalized spacial score (nSPS) is 20.8. The summed E-state index contributed by atoms with van der Waals surface area (Å²) in [6, 6.07) is 5.01. The fourth-order valence-electron chi connectivity index (χ4n) is 3.26. The molecule has 0 unspecified atom stereocenters. The van der Waals surface area contributed by atoms with Gasteiger partial charge >= 0.3 is 12.1 Å². The van der Waals surface area contributed by atoms with Crippen molar-refractivity contribution < 1.29 is 22.7 Å². The van der Waals surface area contributed by atoms with E-state index in [0.29, 0.717) is 30.0 Å². The molecule has 2 aromatic rings. The Hall–Kier alpha value is -3.37. The van der Waals surface area contributed by atoms with E-state index >= 15 is 0 Å². The van der Waals surface area contributed by atoms with Gasteiger partial charge in [-0.3, -0.25) is 0 Å². The second-order valence-electron chi connectivity index (χ2n) is 7.75. The van der Waals surface area contributed by atoms with Crippen LogP contribution in [0, 0.1) is 5.41 Å². The number of nitrogens with zero attached hydrogens (tertiary/aromatic N) is 2. The standard InChI is InChI=1S/C20H21F3N6O2/c1-19(7-8-31-17(19)30)29-15-4-2-3-14(12(15)9-24)27-18-25-10-13(20(21,22)23)16(28-18)26-11-5-6-11/h2-4,9-11,24,29H,5-8H2,1H3,(H2,25,26,27,28)/t19-/m1/s1. The number of hydrogen-bond donors (Lipinski definition) is 4. The van der Waals surface area contributed by atoms with Crippen LogP contribution in [0.25, 0.3) is 0 Å². The van der Waals surface area contributed by atoms with Crippen LogP contribution in [0.15, 0.2) is 24.4 Å². The molecule has 164 valence electrons. The van der Waals surface area contributed by atoms with Gasteiger partial charge < -0.3 is 26.1 Å². The molecule has 1 aromatic heterocycles. The fourth-order valence-corrected chi connectivity index (χ4v) is 3.26. The molecule has 0 spiro atoms. The highest BCUT2D eigenvalue weighted by atomic mass is 19.4. The Morgan fingerprint density at radius 1 is 1.29 bits per heavy atom. The first kappa shape index (κ1) is 20.9. The van der Waals surface area contributed by atoms with Crippen LogP contribution in [-0.2, 0) is 15.7 Å². The number of alkyl halides is 3. The number of nitrogens with one attached hydrogen (secondary N) is 4. The minimum atomic E-state index is -4.58. The lowest BCUT2D eigenvalue weighted by atomic mass is 9.99. The molecule has 4 rings (SSSR count). The topological polar surface area (TPSA) is 112 Å². The lowest BCUT2D eigenvalue weighted by Gasteiger charge is -2.24.